The normalized spacial score (nSPS) is 18.0. The lowest BCUT2D eigenvalue weighted by molar-refractivity contribution is 0.205. The van der Waals surface area contributed by atoms with Gasteiger partial charge in [0.05, 0.1) is 40.4 Å². The number of rotatable bonds is 7. The molecule has 1 unspecified atom stereocenters. The number of nitrogens with two attached hydrogens (primary N) is 1. The Morgan fingerprint density at radius 2 is 1.63 bits per heavy atom. The molecule has 0 radical (unpaired) electrons. The third kappa shape index (κ3) is 5.26. The fraction of sp³-hybridized carbons (Fsp3) is 0.385. The summed E-state index contributed by atoms with van der Waals surface area (Å²) in [6.45, 7) is 2.55. The maximum absolute atomic E-state index is 13.6. The molecule has 2 aliphatic rings. The number of hydrogen-bond acceptors (Lipinski definition) is 6. The van der Waals surface area contributed by atoms with Crippen LogP contribution in [-0.4, -0.2) is 50.6 Å². The first-order valence-corrected chi connectivity index (χ1v) is 13.4. The highest BCUT2D eigenvalue weighted by molar-refractivity contribution is 7.81. The minimum atomic E-state index is -1.09. The Morgan fingerprint density at radius 1 is 0.943 bits per heavy atom. The van der Waals surface area contributed by atoms with Gasteiger partial charge in [-0.3, -0.25) is 4.79 Å². The summed E-state index contributed by atoms with van der Waals surface area (Å²) in [5.41, 5.74) is 8.61. The largest absolute Gasteiger partial charge is 0.483 e. The van der Waals surface area contributed by atoms with Gasteiger partial charge in [-0.1, -0.05) is 42.5 Å². The molecule has 184 valence electrons. The molecule has 1 saturated carbocycles. The summed E-state index contributed by atoms with van der Waals surface area (Å²) >= 11 is 0. The molecule has 9 heteroatoms. The van der Waals surface area contributed by atoms with Crippen molar-refractivity contribution in [2.45, 2.75) is 37.5 Å². The Morgan fingerprint density at radius 3 is 2.34 bits per heavy atom. The van der Waals surface area contributed by atoms with Crippen molar-refractivity contribution >= 4 is 22.4 Å². The first-order chi connectivity index (χ1) is 17.1. The van der Waals surface area contributed by atoms with Crippen molar-refractivity contribution in [1.29, 1.82) is 0 Å². The van der Waals surface area contributed by atoms with E-state index in [1.807, 2.05) is 46.8 Å². The molecule has 1 aliphatic heterocycles. The van der Waals surface area contributed by atoms with Gasteiger partial charge in [0.15, 0.2) is 0 Å². The monoisotopic (exact) mass is 493 g/mol. The highest BCUT2D eigenvalue weighted by atomic mass is 32.2. The number of aromatic nitrogens is 2. The molecule has 3 aromatic rings. The average molecular weight is 494 g/mol. The Hall–Kier alpha value is -3.17. The molecule has 1 atom stereocenters. The zero-order chi connectivity index (χ0) is 24.2. The summed E-state index contributed by atoms with van der Waals surface area (Å²) in [6.07, 6.45) is 5.84. The van der Waals surface area contributed by atoms with Crippen molar-refractivity contribution in [3.05, 3.63) is 76.7 Å². The highest BCUT2D eigenvalue weighted by Crippen LogP contribution is 2.30. The van der Waals surface area contributed by atoms with Gasteiger partial charge in [0.25, 0.3) is 0 Å². The third-order valence-electron chi connectivity index (χ3n) is 6.67. The second-order valence-electron chi connectivity index (χ2n) is 9.03. The van der Waals surface area contributed by atoms with E-state index in [1.165, 1.54) is 4.68 Å². The molecule has 0 spiro atoms. The van der Waals surface area contributed by atoms with Crippen molar-refractivity contribution in [3.8, 4) is 11.4 Å². The van der Waals surface area contributed by atoms with Crippen LogP contribution in [0.25, 0.3) is 5.69 Å². The number of benzene rings is 2. The number of piperazine rings is 1. The zero-order valence-electron chi connectivity index (χ0n) is 19.7. The molecule has 2 N–H and O–H groups in total. The summed E-state index contributed by atoms with van der Waals surface area (Å²) in [5, 5.41) is 4.46. The first kappa shape index (κ1) is 23.6. The van der Waals surface area contributed by atoms with Crippen LogP contribution in [0.5, 0.6) is 5.75 Å². The SMILES string of the molecule is Nc1ccccc1-n1ncc(N2CCN(S(=O)Cc3ccccc3)CC2)c(OC2CCCC2)c1=O. The summed E-state index contributed by atoms with van der Waals surface area (Å²) in [7, 11) is -1.09. The molecule has 1 saturated heterocycles. The second kappa shape index (κ2) is 10.6. The maximum atomic E-state index is 13.6. The lowest BCUT2D eigenvalue weighted by Gasteiger charge is -2.35. The molecule has 1 aromatic heterocycles. The standard InChI is InChI=1S/C26H31N5O3S/c27-22-12-6-7-13-23(22)31-26(32)25(34-21-10-4-5-11-21)24(18-28-31)29-14-16-30(17-15-29)35(33)19-20-8-2-1-3-9-20/h1-3,6-9,12-13,18,21H,4-5,10-11,14-17,19,27H2. The molecular weight excluding hydrogens is 462 g/mol. The first-order valence-electron chi connectivity index (χ1n) is 12.2. The number of anilines is 2. The molecule has 2 heterocycles. The van der Waals surface area contributed by atoms with Crippen molar-refractivity contribution in [2.24, 2.45) is 0 Å². The van der Waals surface area contributed by atoms with Crippen LogP contribution in [0.3, 0.4) is 0 Å². The van der Waals surface area contributed by atoms with E-state index in [1.54, 1.807) is 18.3 Å². The second-order valence-corrected chi connectivity index (χ2v) is 10.5. The number of nitrogen functional groups attached to an aromatic ring is 1. The molecule has 1 aliphatic carbocycles. The zero-order valence-corrected chi connectivity index (χ0v) is 20.5. The van der Waals surface area contributed by atoms with E-state index in [-0.39, 0.29) is 11.7 Å². The van der Waals surface area contributed by atoms with Crippen LogP contribution in [0, 0.1) is 0 Å². The number of hydrogen-bond donors (Lipinski definition) is 1. The molecular formula is C26H31N5O3S. The van der Waals surface area contributed by atoms with E-state index in [0.29, 0.717) is 54.7 Å². The summed E-state index contributed by atoms with van der Waals surface area (Å²) < 4.78 is 22.6. The van der Waals surface area contributed by atoms with Crippen molar-refractivity contribution in [3.63, 3.8) is 0 Å². The van der Waals surface area contributed by atoms with Crippen LogP contribution in [0.2, 0.25) is 0 Å². The smallest absolute Gasteiger partial charge is 0.316 e. The lowest BCUT2D eigenvalue weighted by Crippen LogP contribution is -2.47. The van der Waals surface area contributed by atoms with Crippen LogP contribution in [-0.2, 0) is 16.7 Å². The molecule has 35 heavy (non-hydrogen) atoms. The topological polar surface area (TPSA) is 93.7 Å². The van der Waals surface area contributed by atoms with Gasteiger partial charge in [-0.05, 0) is 43.4 Å². The molecule has 0 amide bonds. The predicted molar refractivity (Wildman–Crippen MR) is 139 cm³/mol. The molecule has 2 aromatic carbocycles. The van der Waals surface area contributed by atoms with E-state index in [9.17, 15) is 9.00 Å². The molecule has 5 rings (SSSR count). The van der Waals surface area contributed by atoms with E-state index in [4.69, 9.17) is 10.5 Å². The van der Waals surface area contributed by atoms with Gasteiger partial charge in [0, 0.05) is 26.2 Å². The molecule has 8 nitrogen and oxygen atoms in total. The fourth-order valence-corrected chi connectivity index (χ4v) is 5.96. The van der Waals surface area contributed by atoms with E-state index in [0.717, 1.165) is 31.2 Å². The quantitative estimate of drug-likeness (QED) is 0.509. The lowest BCUT2D eigenvalue weighted by atomic mass is 10.2. The number of nitrogens with zero attached hydrogens (tertiary/aromatic N) is 4. The van der Waals surface area contributed by atoms with Gasteiger partial charge >= 0.3 is 5.56 Å². The van der Waals surface area contributed by atoms with Crippen LogP contribution in [0.15, 0.2) is 65.6 Å². The van der Waals surface area contributed by atoms with Crippen molar-refractivity contribution < 1.29 is 8.95 Å². The third-order valence-corrected chi connectivity index (χ3v) is 8.19. The maximum Gasteiger partial charge on any atom is 0.316 e. The summed E-state index contributed by atoms with van der Waals surface area (Å²) in [4.78, 5) is 15.7. The molecule has 2 fully saturated rings. The van der Waals surface area contributed by atoms with Gasteiger partial charge in [-0.25, -0.2) is 8.51 Å². The van der Waals surface area contributed by atoms with Gasteiger partial charge in [-0.15, -0.1) is 0 Å². The van der Waals surface area contributed by atoms with Crippen molar-refractivity contribution in [1.82, 2.24) is 14.1 Å². The van der Waals surface area contributed by atoms with E-state index >= 15 is 0 Å². The Labute approximate surface area is 207 Å². The fourth-order valence-electron chi connectivity index (χ4n) is 4.73. The molecule has 0 bridgehead atoms. The minimum absolute atomic E-state index is 0.0325. The van der Waals surface area contributed by atoms with Gasteiger partial charge in [0.1, 0.15) is 5.69 Å². The van der Waals surface area contributed by atoms with E-state index in [2.05, 4.69) is 10.00 Å². The predicted octanol–water partition coefficient (Wildman–Crippen LogP) is 3.12. The number of ether oxygens (including phenoxy) is 1. The van der Waals surface area contributed by atoms with Crippen LogP contribution in [0.1, 0.15) is 31.2 Å². The van der Waals surface area contributed by atoms with Gasteiger partial charge in [-0.2, -0.15) is 9.78 Å². The average Bonchev–Trinajstić information content (AvgIpc) is 3.40. The van der Waals surface area contributed by atoms with Crippen molar-refractivity contribution in [2.75, 3.05) is 36.8 Å². The van der Waals surface area contributed by atoms with Crippen LogP contribution >= 0.6 is 0 Å². The Balaban J connectivity index is 1.37. The summed E-state index contributed by atoms with van der Waals surface area (Å²) in [5.74, 6) is 0.835. The Bertz CT molecular complexity index is 1240. The van der Waals surface area contributed by atoms with Gasteiger partial charge < -0.3 is 15.4 Å². The highest BCUT2D eigenvalue weighted by Gasteiger charge is 2.28. The Kier molecular flexibility index (Phi) is 7.15. The van der Waals surface area contributed by atoms with Crippen LogP contribution < -0.4 is 20.9 Å². The van der Waals surface area contributed by atoms with E-state index < -0.39 is 11.0 Å². The number of para-hydroxylation sites is 2. The van der Waals surface area contributed by atoms with Gasteiger partial charge in [0.2, 0.25) is 5.75 Å². The van der Waals surface area contributed by atoms with Crippen LogP contribution in [0.4, 0.5) is 11.4 Å². The summed E-state index contributed by atoms with van der Waals surface area (Å²) in [6, 6.07) is 17.1. The minimum Gasteiger partial charge on any atom is -0.483 e.